The molecule has 0 aliphatic carbocycles. The Morgan fingerprint density at radius 1 is 1.21 bits per heavy atom. The number of nitrogens with one attached hydrogen (secondary N) is 1. The van der Waals surface area contributed by atoms with Crippen LogP contribution in [0.1, 0.15) is 6.92 Å². The van der Waals surface area contributed by atoms with Crippen molar-refractivity contribution in [3.05, 3.63) is 54.6 Å². The van der Waals surface area contributed by atoms with Gasteiger partial charge in [0.1, 0.15) is 30.2 Å². The van der Waals surface area contributed by atoms with E-state index >= 15 is 0 Å². The molecule has 0 spiro atoms. The van der Waals surface area contributed by atoms with Crippen molar-refractivity contribution in [2.45, 2.75) is 13.0 Å². The molecule has 170 valence electrons. The molecule has 1 aromatic carbocycles. The zero-order chi connectivity index (χ0) is 22.8. The van der Waals surface area contributed by atoms with Gasteiger partial charge in [0.2, 0.25) is 5.88 Å². The molecular formula is C22H21FN6O4. The lowest BCUT2D eigenvalue weighted by Gasteiger charge is -2.25. The first kappa shape index (κ1) is 20.7. The lowest BCUT2D eigenvalue weighted by atomic mass is 10.1. The Bertz CT molecular complexity index is 1170. The Morgan fingerprint density at radius 3 is 2.85 bits per heavy atom. The van der Waals surface area contributed by atoms with Crippen LogP contribution in [0.15, 0.2) is 58.5 Å². The van der Waals surface area contributed by atoms with Gasteiger partial charge in [-0.3, -0.25) is 4.90 Å². The molecule has 0 radical (unpaired) electrons. The lowest BCUT2D eigenvalue weighted by molar-refractivity contribution is 0.142. The van der Waals surface area contributed by atoms with E-state index in [4.69, 9.17) is 14.1 Å². The molecule has 3 aromatic rings. The molecule has 10 nitrogen and oxygen atoms in total. The van der Waals surface area contributed by atoms with Crippen molar-refractivity contribution in [2.24, 2.45) is 5.16 Å². The summed E-state index contributed by atoms with van der Waals surface area (Å²) in [6.07, 6.45) is 2.20. The number of oxime groups is 1. The van der Waals surface area contributed by atoms with Crippen molar-refractivity contribution >= 4 is 29.3 Å². The number of nitrogens with zero attached hydrogens (tertiary/aromatic N) is 5. The predicted molar refractivity (Wildman–Crippen MR) is 119 cm³/mol. The highest BCUT2D eigenvalue weighted by molar-refractivity contribution is 5.95. The third-order valence-electron chi connectivity index (χ3n) is 5.41. The summed E-state index contributed by atoms with van der Waals surface area (Å²) >= 11 is 0. The van der Waals surface area contributed by atoms with E-state index in [2.05, 4.69) is 20.6 Å². The van der Waals surface area contributed by atoms with Gasteiger partial charge in [0.05, 0.1) is 31.5 Å². The third-order valence-corrected chi connectivity index (χ3v) is 5.41. The molecule has 5 rings (SSSR count). The number of rotatable bonds is 6. The molecule has 1 atom stereocenters. The molecule has 2 aliphatic heterocycles. The summed E-state index contributed by atoms with van der Waals surface area (Å²) in [5.41, 5.74) is 1.44. The first-order valence-electron chi connectivity index (χ1n) is 10.4. The van der Waals surface area contributed by atoms with Crippen molar-refractivity contribution in [3.63, 3.8) is 0 Å². The molecule has 0 bridgehead atoms. The van der Waals surface area contributed by atoms with Gasteiger partial charge >= 0.3 is 6.09 Å². The number of hydrogen-bond acceptors (Lipinski definition) is 9. The van der Waals surface area contributed by atoms with Crippen molar-refractivity contribution in [1.82, 2.24) is 10.1 Å². The van der Waals surface area contributed by atoms with Gasteiger partial charge in [0.15, 0.2) is 0 Å². The van der Waals surface area contributed by atoms with E-state index in [1.807, 2.05) is 17.9 Å². The van der Waals surface area contributed by atoms with E-state index in [9.17, 15) is 9.18 Å². The van der Waals surface area contributed by atoms with E-state index in [-0.39, 0.29) is 6.54 Å². The van der Waals surface area contributed by atoms with E-state index in [1.165, 1.54) is 17.2 Å². The van der Waals surface area contributed by atoms with Crippen LogP contribution in [0.25, 0.3) is 11.1 Å². The van der Waals surface area contributed by atoms with Crippen LogP contribution in [-0.2, 0) is 9.57 Å². The molecule has 1 saturated heterocycles. The van der Waals surface area contributed by atoms with Gasteiger partial charge in [-0.15, -0.1) is 0 Å². The summed E-state index contributed by atoms with van der Waals surface area (Å²) in [5.74, 6) is 1.45. The van der Waals surface area contributed by atoms with Crippen LogP contribution in [0.2, 0.25) is 0 Å². The molecule has 2 aliphatic rings. The number of halogens is 1. The van der Waals surface area contributed by atoms with Crippen LogP contribution < -0.4 is 15.1 Å². The van der Waals surface area contributed by atoms with Crippen molar-refractivity contribution in [1.29, 1.82) is 0 Å². The molecular weight excluding hydrogens is 431 g/mol. The highest BCUT2D eigenvalue weighted by Crippen LogP contribution is 2.30. The van der Waals surface area contributed by atoms with Gasteiger partial charge in [-0.2, -0.15) is 0 Å². The number of hydrogen-bond donors (Lipinski definition) is 1. The fraction of sp³-hybridized carbons (Fsp3) is 0.273. The van der Waals surface area contributed by atoms with Crippen LogP contribution in [0, 0.1) is 5.82 Å². The van der Waals surface area contributed by atoms with Crippen molar-refractivity contribution < 1.29 is 23.3 Å². The molecule has 33 heavy (non-hydrogen) atoms. The zero-order valence-electron chi connectivity index (χ0n) is 17.8. The van der Waals surface area contributed by atoms with Gasteiger partial charge in [-0.1, -0.05) is 10.3 Å². The molecule has 4 heterocycles. The van der Waals surface area contributed by atoms with Crippen molar-refractivity contribution in [3.8, 4) is 11.1 Å². The minimum atomic E-state index is -0.528. The number of carbonyl (C=O) groups excluding carboxylic acids is 1. The van der Waals surface area contributed by atoms with Crippen LogP contribution >= 0.6 is 0 Å². The standard InChI is InChI=1S/C22H21FN6O4/c1-14-27-31-9-8-28(14)20-5-2-15(11-24-20)18-4-3-16(10-19(18)23)29-13-17(32-22(29)30)12-25-21-6-7-26-33-21/h2-7,10-11,17,25H,8-9,12-13H2,1H3/t17-/m0/s1. The Morgan fingerprint density at radius 2 is 2.12 bits per heavy atom. The molecule has 11 heteroatoms. The summed E-state index contributed by atoms with van der Waals surface area (Å²) < 4.78 is 25.3. The number of ether oxygens (including phenoxy) is 1. The maximum atomic E-state index is 15.0. The number of aromatic nitrogens is 2. The smallest absolute Gasteiger partial charge is 0.414 e. The van der Waals surface area contributed by atoms with E-state index in [0.717, 1.165) is 0 Å². The summed E-state index contributed by atoms with van der Waals surface area (Å²) in [6, 6.07) is 9.94. The van der Waals surface area contributed by atoms with E-state index in [0.29, 0.717) is 54.0 Å². The minimum Gasteiger partial charge on any atom is -0.442 e. The quantitative estimate of drug-likeness (QED) is 0.606. The first-order valence-corrected chi connectivity index (χ1v) is 10.4. The summed E-state index contributed by atoms with van der Waals surface area (Å²) in [4.78, 5) is 25.2. The van der Waals surface area contributed by atoms with Gasteiger partial charge in [-0.05, 0) is 37.3 Å². The molecule has 1 amide bonds. The lowest BCUT2D eigenvalue weighted by Crippen LogP contribution is -2.36. The second-order valence-electron chi connectivity index (χ2n) is 7.57. The minimum absolute atomic E-state index is 0.287. The SMILES string of the molecule is CC1=NOCCN1c1ccc(-c2ccc(N3C[C@H](CNc4ccno4)OC3=O)cc2F)cn1. The normalized spacial score (nSPS) is 18.1. The molecule has 1 fully saturated rings. The maximum absolute atomic E-state index is 15.0. The second-order valence-corrected chi connectivity index (χ2v) is 7.57. The Kier molecular flexibility index (Phi) is 5.51. The Labute approximate surface area is 188 Å². The van der Waals surface area contributed by atoms with Crippen LogP contribution in [0.5, 0.6) is 0 Å². The molecule has 2 aromatic heterocycles. The summed E-state index contributed by atoms with van der Waals surface area (Å²) in [5, 5.41) is 10.6. The van der Waals surface area contributed by atoms with Crippen molar-refractivity contribution in [2.75, 3.05) is 41.4 Å². The zero-order valence-corrected chi connectivity index (χ0v) is 17.8. The number of carbonyl (C=O) groups is 1. The number of amides is 1. The van der Waals surface area contributed by atoms with Crippen LogP contribution in [0.4, 0.5) is 26.6 Å². The van der Waals surface area contributed by atoms with Gasteiger partial charge < -0.3 is 24.3 Å². The predicted octanol–water partition coefficient (Wildman–Crippen LogP) is 3.48. The third kappa shape index (κ3) is 4.29. The van der Waals surface area contributed by atoms with E-state index in [1.54, 1.807) is 30.5 Å². The Balaban J connectivity index is 1.28. The van der Waals surface area contributed by atoms with E-state index < -0.39 is 18.0 Å². The molecule has 0 unspecified atom stereocenters. The number of cyclic esters (lactones) is 1. The topological polar surface area (TPSA) is 105 Å². The van der Waals surface area contributed by atoms with Gasteiger partial charge in [-0.25, -0.2) is 14.2 Å². The largest absolute Gasteiger partial charge is 0.442 e. The second kappa shape index (κ2) is 8.77. The maximum Gasteiger partial charge on any atom is 0.414 e. The fourth-order valence-corrected chi connectivity index (χ4v) is 3.73. The monoisotopic (exact) mass is 452 g/mol. The number of amidine groups is 1. The fourth-order valence-electron chi connectivity index (χ4n) is 3.73. The highest BCUT2D eigenvalue weighted by Gasteiger charge is 2.32. The first-order chi connectivity index (χ1) is 16.1. The average molecular weight is 452 g/mol. The summed E-state index contributed by atoms with van der Waals surface area (Å²) in [7, 11) is 0. The number of pyridine rings is 1. The van der Waals surface area contributed by atoms with Crippen LogP contribution in [-0.4, -0.2) is 54.4 Å². The van der Waals surface area contributed by atoms with Crippen LogP contribution in [0.3, 0.4) is 0 Å². The number of benzene rings is 1. The molecule has 0 saturated carbocycles. The average Bonchev–Trinajstić information content (AvgIpc) is 3.48. The Hall–Kier alpha value is -4.15. The van der Waals surface area contributed by atoms with Gasteiger partial charge in [0, 0.05) is 23.4 Å². The number of anilines is 3. The molecule has 1 N–H and O–H groups in total. The van der Waals surface area contributed by atoms with Gasteiger partial charge in [0.25, 0.3) is 0 Å². The highest BCUT2D eigenvalue weighted by atomic mass is 19.1. The summed E-state index contributed by atoms with van der Waals surface area (Å²) in [6.45, 7) is 3.60.